The smallest absolute Gasteiger partial charge is 0.253 e. The average molecular weight is 471 g/mol. The molecule has 0 bridgehead atoms. The predicted octanol–water partition coefficient (Wildman–Crippen LogP) is 4.43. The molecule has 1 aromatic heterocycles. The molecule has 8 heteroatoms. The number of hydrogen-bond donors (Lipinski definition) is 2. The number of carbonyl (C=O) groups is 1. The van der Waals surface area contributed by atoms with Crippen LogP contribution in [0.15, 0.2) is 54.7 Å². The van der Waals surface area contributed by atoms with Gasteiger partial charge >= 0.3 is 0 Å². The van der Waals surface area contributed by atoms with Gasteiger partial charge in [-0.2, -0.15) is 0 Å². The van der Waals surface area contributed by atoms with E-state index in [9.17, 15) is 4.79 Å². The van der Waals surface area contributed by atoms with Gasteiger partial charge < -0.3 is 21.1 Å². The Balaban J connectivity index is 1.49. The standard InChI is InChI=1S/C24H24Cl2N4O2/c25-20-5-2-6-21(26)19(20)8-10-32-22-12-17(13-29-23(22)28)15-3-1-4-16(11-15)24(31)30-9-7-18(27)14-30/h1-6,11-13,18H,7-10,14,27H2,(H2,28,29). The monoisotopic (exact) mass is 470 g/mol. The molecule has 3 aromatic rings. The van der Waals surface area contributed by atoms with E-state index in [1.54, 1.807) is 29.3 Å². The maximum absolute atomic E-state index is 12.8. The van der Waals surface area contributed by atoms with Crippen molar-refractivity contribution in [1.82, 2.24) is 9.88 Å². The lowest BCUT2D eigenvalue weighted by Gasteiger charge is -2.16. The Labute approximate surface area is 197 Å². The normalized spacial score (nSPS) is 15.7. The number of nitrogens with zero attached hydrogens (tertiary/aromatic N) is 2. The molecule has 1 amide bonds. The van der Waals surface area contributed by atoms with Crippen molar-refractivity contribution in [3.8, 4) is 16.9 Å². The van der Waals surface area contributed by atoms with E-state index in [1.807, 2.05) is 30.3 Å². The Kier molecular flexibility index (Phi) is 6.84. The zero-order valence-electron chi connectivity index (χ0n) is 17.4. The van der Waals surface area contributed by atoms with Crippen molar-refractivity contribution in [1.29, 1.82) is 0 Å². The molecule has 0 spiro atoms. The molecule has 0 aliphatic carbocycles. The molecule has 4 rings (SSSR count). The van der Waals surface area contributed by atoms with E-state index in [-0.39, 0.29) is 17.8 Å². The Morgan fingerprint density at radius 3 is 2.59 bits per heavy atom. The second-order valence-corrected chi connectivity index (χ2v) is 8.60. The zero-order chi connectivity index (χ0) is 22.7. The molecule has 2 heterocycles. The highest BCUT2D eigenvalue weighted by Gasteiger charge is 2.24. The molecule has 32 heavy (non-hydrogen) atoms. The van der Waals surface area contributed by atoms with Crippen molar-refractivity contribution in [3.05, 3.63) is 75.9 Å². The molecule has 1 fully saturated rings. The van der Waals surface area contributed by atoms with Crippen LogP contribution in [0.3, 0.4) is 0 Å². The van der Waals surface area contributed by atoms with E-state index in [0.29, 0.717) is 47.5 Å². The lowest BCUT2D eigenvalue weighted by molar-refractivity contribution is 0.0791. The van der Waals surface area contributed by atoms with Gasteiger partial charge in [0.15, 0.2) is 11.6 Å². The number of halogens is 2. The van der Waals surface area contributed by atoms with Crippen LogP contribution in [0.5, 0.6) is 5.75 Å². The van der Waals surface area contributed by atoms with Crippen LogP contribution in [0.25, 0.3) is 11.1 Å². The Bertz CT molecular complexity index is 1120. The molecule has 1 atom stereocenters. The molecule has 2 aromatic carbocycles. The summed E-state index contributed by atoms with van der Waals surface area (Å²) in [4.78, 5) is 18.9. The van der Waals surface area contributed by atoms with E-state index >= 15 is 0 Å². The number of ether oxygens (including phenoxy) is 1. The molecule has 0 saturated carbocycles. The van der Waals surface area contributed by atoms with Crippen molar-refractivity contribution in [2.24, 2.45) is 5.73 Å². The quantitative estimate of drug-likeness (QED) is 0.555. The third kappa shape index (κ3) is 4.99. The summed E-state index contributed by atoms with van der Waals surface area (Å²) >= 11 is 12.5. The lowest BCUT2D eigenvalue weighted by Crippen LogP contribution is -2.31. The van der Waals surface area contributed by atoms with Gasteiger partial charge in [-0.15, -0.1) is 0 Å². The minimum atomic E-state index is -0.0173. The van der Waals surface area contributed by atoms with E-state index in [1.165, 1.54) is 0 Å². The molecule has 1 unspecified atom stereocenters. The van der Waals surface area contributed by atoms with Gasteiger partial charge in [-0.25, -0.2) is 4.98 Å². The molecule has 1 aliphatic heterocycles. The SMILES string of the molecule is Nc1ncc(-c2cccc(C(=O)N3CCC(N)C3)c2)cc1OCCc1c(Cl)cccc1Cl. The first-order chi connectivity index (χ1) is 15.4. The maximum Gasteiger partial charge on any atom is 0.253 e. The Morgan fingerprint density at radius 2 is 1.88 bits per heavy atom. The summed E-state index contributed by atoms with van der Waals surface area (Å²) in [5.74, 6) is 0.738. The number of benzene rings is 2. The van der Waals surface area contributed by atoms with Crippen LogP contribution < -0.4 is 16.2 Å². The number of likely N-dealkylation sites (tertiary alicyclic amines) is 1. The zero-order valence-corrected chi connectivity index (χ0v) is 18.9. The minimum Gasteiger partial charge on any atom is -0.489 e. The highest BCUT2D eigenvalue weighted by Crippen LogP contribution is 2.29. The predicted molar refractivity (Wildman–Crippen MR) is 128 cm³/mol. The van der Waals surface area contributed by atoms with E-state index in [0.717, 1.165) is 23.1 Å². The van der Waals surface area contributed by atoms with Crippen molar-refractivity contribution >= 4 is 34.9 Å². The van der Waals surface area contributed by atoms with Crippen LogP contribution in [0, 0.1) is 0 Å². The second-order valence-electron chi connectivity index (χ2n) is 7.79. The van der Waals surface area contributed by atoms with E-state index in [4.69, 9.17) is 39.4 Å². The number of amides is 1. The van der Waals surface area contributed by atoms with Crippen molar-refractivity contribution in [2.45, 2.75) is 18.9 Å². The number of nitrogens with two attached hydrogens (primary N) is 2. The molecule has 4 N–H and O–H groups in total. The van der Waals surface area contributed by atoms with Crippen LogP contribution in [-0.2, 0) is 6.42 Å². The van der Waals surface area contributed by atoms with E-state index < -0.39 is 0 Å². The largest absolute Gasteiger partial charge is 0.489 e. The summed E-state index contributed by atoms with van der Waals surface area (Å²) < 4.78 is 5.89. The molecule has 166 valence electrons. The van der Waals surface area contributed by atoms with Crippen LogP contribution in [-0.4, -0.2) is 41.5 Å². The summed E-state index contributed by atoms with van der Waals surface area (Å²) in [7, 11) is 0. The topological polar surface area (TPSA) is 94.5 Å². The molecular weight excluding hydrogens is 447 g/mol. The minimum absolute atomic E-state index is 0.0173. The van der Waals surface area contributed by atoms with Gasteiger partial charge in [0, 0.05) is 52.9 Å². The van der Waals surface area contributed by atoms with Crippen LogP contribution in [0.2, 0.25) is 10.0 Å². The van der Waals surface area contributed by atoms with Gasteiger partial charge in [0.25, 0.3) is 5.91 Å². The first-order valence-corrected chi connectivity index (χ1v) is 11.1. The Morgan fingerprint density at radius 1 is 1.12 bits per heavy atom. The number of carbonyl (C=O) groups excluding carboxylic acids is 1. The molecular formula is C24H24Cl2N4O2. The highest BCUT2D eigenvalue weighted by atomic mass is 35.5. The number of anilines is 1. The third-order valence-corrected chi connectivity index (χ3v) is 6.22. The van der Waals surface area contributed by atoms with E-state index in [2.05, 4.69) is 4.98 Å². The number of rotatable bonds is 6. The number of nitrogen functional groups attached to an aromatic ring is 1. The van der Waals surface area contributed by atoms with Crippen LogP contribution in [0.4, 0.5) is 5.82 Å². The van der Waals surface area contributed by atoms with Gasteiger partial charge in [0.2, 0.25) is 0 Å². The lowest BCUT2D eigenvalue weighted by atomic mass is 10.0. The van der Waals surface area contributed by atoms with Crippen molar-refractivity contribution in [3.63, 3.8) is 0 Å². The van der Waals surface area contributed by atoms with Gasteiger partial charge in [0.1, 0.15) is 0 Å². The van der Waals surface area contributed by atoms with Crippen LogP contribution >= 0.6 is 23.2 Å². The molecule has 6 nitrogen and oxygen atoms in total. The summed E-state index contributed by atoms with van der Waals surface area (Å²) in [6.07, 6.45) is 3.03. The fraction of sp³-hybridized carbons (Fsp3) is 0.250. The molecule has 1 saturated heterocycles. The van der Waals surface area contributed by atoms with Gasteiger partial charge in [-0.1, -0.05) is 41.4 Å². The number of pyridine rings is 1. The molecule has 0 radical (unpaired) electrons. The van der Waals surface area contributed by atoms with Gasteiger partial charge in [-0.05, 0) is 47.9 Å². The average Bonchev–Trinajstić information content (AvgIpc) is 3.23. The summed E-state index contributed by atoms with van der Waals surface area (Å²) in [5, 5.41) is 1.20. The highest BCUT2D eigenvalue weighted by molar-refractivity contribution is 6.36. The van der Waals surface area contributed by atoms with Crippen molar-refractivity contribution < 1.29 is 9.53 Å². The van der Waals surface area contributed by atoms with Crippen LogP contribution in [0.1, 0.15) is 22.3 Å². The first-order valence-electron chi connectivity index (χ1n) is 10.4. The molecule has 1 aliphatic rings. The summed E-state index contributed by atoms with van der Waals surface area (Å²) in [5.41, 5.74) is 15.1. The Hall–Kier alpha value is -2.80. The number of aromatic nitrogens is 1. The van der Waals surface area contributed by atoms with Crippen molar-refractivity contribution in [2.75, 3.05) is 25.4 Å². The maximum atomic E-state index is 12.8. The summed E-state index contributed by atoms with van der Waals surface area (Å²) in [6.45, 7) is 1.60. The van der Waals surface area contributed by atoms with Gasteiger partial charge in [0.05, 0.1) is 6.61 Å². The second kappa shape index (κ2) is 9.77. The number of hydrogen-bond acceptors (Lipinski definition) is 5. The fourth-order valence-electron chi connectivity index (χ4n) is 3.75. The summed E-state index contributed by atoms with van der Waals surface area (Å²) in [6, 6.07) is 14.7. The fourth-order valence-corrected chi connectivity index (χ4v) is 4.34. The van der Waals surface area contributed by atoms with Gasteiger partial charge in [-0.3, -0.25) is 4.79 Å². The third-order valence-electron chi connectivity index (χ3n) is 5.51. The first kappa shape index (κ1) is 22.4.